The molecule has 0 fully saturated rings. The van der Waals surface area contributed by atoms with E-state index in [9.17, 15) is 0 Å². The van der Waals surface area contributed by atoms with Crippen molar-refractivity contribution in [1.29, 1.82) is 0 Å². The quantitative estimate of drug-likeness (QED) is 0.0487. The summed E-state index contributed by atoms with van der Waals surface area (Å²) in [5.74, 6) is 0. The predicted molar refractivity (Wildman–Crippen MR) is 212 cm³/mol. The van der Waals surface area contributed by atoms with Crippen LogP contribution in [0.4, 0.5) is 0 Å². The van der Waals surface area contributed by atoms with Crippen molar-refractivity contribution in [2.24, 2.45) is 0 Å². The molecule has 0 saturated heterocycles. The molecule has 47 heavy (non-hydrogen) atoms. The summed E-state index contributed by atoms with van der Waals surface area (Å²) in [6.45, 7) is 14.9. The van der Waals surface area contributed by atoms with Crippen molar-refractivity contribution in [3.8, 4) is 0 Å². The third kappa shape index (κ3) is 37.5. The van der Waals surface area contributed by atoms with Gasteiger partial charge < -0.3 is 14.4 Å². The van der Waals surface area contributed by atoms with E-state index in [4.69, 9.17) is 9.47 Å². The molecular weight excluding hydrogens is 574 g/mol. The van der Waals surface area contributed by atoms with Crippen molar-refractivity contribution < 1.29 is 9.47 Å². The van der Waals surface area contributed by atoms with Gasteiger partial charge in [-0.15, -0.1) is 0 Å². The van der Waals surface area contributed by atoms with Gasteiger partial charge in [0.1, 0.15) is 0 Å². The van der Waals surface area contributed by atoms with Crippen LogP contribution in [0.25, 0.3) is 0 Å². The molecule has 0 aromatic carbocycles. The highest BCUT2D eigenvalue weighted by atomic mass is 16.5. The lowest BCUT2D eigenvalue weighted by Crippen LogP contribution is -2.30. The smallest absolute Gasteiger partial charge is 0.0820 e. The van der Waals surface area contributed by atoms with Crippen molar-refractivity contribution in [2.45, 2.75) is 194 Å². The monoisotopic (exact) mass is 658 g/mol. The van der Waals surface area contributed by atoms with Crippen LogP contribution in [0.15, 0.2) is 48.6 Å². The van der Waals surface area contributed by atoms with Crippen molar-refractivity contribution in [3.63, 3.8) is 0 Å². The summed E-state index contributed by atoms with van der Waals surface area (Å²) in [4.78, 5) is 2.50. The molecule has 0 aromatic rings. The summed E-state index contributed by atoms with van der Waals surface area (Å²) in [7, 11) is 0. The number of hydrogen-bond donors (Lipinski definition) is 0. The Bertz CT molecular complexity index is 693. The highest BCUT2D eigenvalue weighted by molar-refractivity contribution is 4.93. The van der Waals surface area contributed by atoms with Crippen LogP contribution in [0.3, 0.4) is 0 Å². The number of allylic oxidation sites excluding steroid dienone is 8. The molecule has 276 valence electrons. The minimum Gasteiger partial charge on any atom is -0.379 e. The molecule has 0 aliphatic heterocycles. The van der Waals surface area contributed by atoms with Gasteiger partial charge in [-0.2, -0.15) is 0 Å². The molecule has 1 atom stereocenters. The van der Waals surface area contributed by atoms with E-state index in [0.29, 0.717) is 0 Å². The fourth-order valence-corrected chi connectivity index (χ4v) is 5.83. The Hall–Kier alpha value is -1.16. The first-order chi connectivity index (χ1) is 23.3. The molecule has 0 heterocycles. The number of rotatable bonds is 38. The van der Waals surface area contributed by atoms with E-state index in [1.54, 1.807) is 0 Å². The minimum atomic E-state index is 0.234. The van der Waals surface area contributed by atoms with E-state index in [0.717, 1.165) is 58.7 Å². The Labute approximate surface area is 296 Å². The minimum absolute atomic E-state index is 0.234. The summed E-state index contributed by atoms with van der Waals surface area (Å²) in [6, 6.07) is 0. The Kier molecular flexibility index (Phi) is 40.0. The largest absolute Gasteiger partial charge is 0.379 e. The zero-order chi connectivity index (χ0) is 34.1. The van der Waals surface area contributed by atoms with Crippen LogP contribution >= 0.6 is 0 Å². The van der Waals surface area contributed by atoms with Crippen LogP contribution < -0.4 is 0 Å². The van der Waals surface area contributed by atoms with Crippen LogP contribution in [0.5, 0.6) is 0 Å². The third-order valence-electron chi connectivity index (χ3n) is 9.15. The second-order valence-corrected chi connectivity index (χ2v) is 13.6. The zero-order valence-electron chi connectivity index (χ0n) is 32.4. The average Bonchev–Trinajstić information content (AvgIpc) is 3.09. The second-order valence-electron chi connectivity index (χ2n) is 13.6. The van der Waals surface area contributed by atoms with E-state index in [2.05, 4.69) is 81.2 Å². The molecular formula is C44H83NO2. The first kappa shape index (κ1) is 45.8. The van der Waals surface area contributed by atoms with E-state index in [1.807, 2.05) is 0 Å². The highest BCUT2D eigenvalue weighted by Gasteiger charge is 2.11. The highest BCUT2D eigenvalue weighted by Crippen LogP contribution is 2.12. The number of ether oxygens (including phenoxy) is 2. The van der Waals surface area contributed by atoms with Gasteiger partial charge in [0.25, 0.3) is 0 Å². The van der Waals surface area contributed by atoms with Crippen LogP contribution in [-0.2, 0) is 9.47 Å². The number of nitrogens with zero attached hydrogens (tertiary/aromatic N) is 1. The standard InChI is InChI=1S/C44H83NO2/c1-5-9-11-13-15-17-19-21-23-25-27-29-31-33-35-37-41-46-43-44(39-40-45(7-3)8-4)47-42-38-36-34-32-30-28-26-24-22-20-18-16-14-12-10-6-2/h15-18,21-24,44H,5-14,19-20,25-43H2,1-4H3/b17-15-,18-16-,23-21-,24-22-/t44-/m0/s1. The normalized spacial score (nSPS) is 13.1. The number of hydrogen-bond acceptors (Lipinski definition) is 3. The molecule has 0 rings (SSSR count). The van der Waals surface area contributed by atoms with Crippen molar-refractivity contribution in [1.82, 2.24) is 4.90 Å². The maximum atomic E-state index is 6.36. The van der Waals surface area contributed by atoms with Crippen molar-refractivity contribution >= 4 is 0 Å². The molecule has 0 saturated carbocycles. The fraction of sp³-hybridized carbons (Fsp3) is 0.818. The second kappa shape index (κ2) is 41.0. The molecule has 0 radical (unpaired) electrons. The lowest BCUT2D eigenvalue weighted by molar-refractivity contribution is -0.0259. The molecule has 0 amide bonds. The summed E-state index contributed by atoms with van der Waals surface area (Å²) in [5, 5.41) is 0. The number of unbranched alkanes of at least 4 members (excludes halogenated alkanes) is 18. The maximum absolute atomic E-state index is 6.36. The molecule has 0 aromatic heterocycles. The molecule has 0 aliphatic carbocycles. The van der Waals surface area contributed by atoms with Gasteiger partial charge in [-0.05, 0) is 96.6 Å². The molecule has 0 spiro atoms. The Balaban J connectivity index is 3.82. The molecule has 0 unspecified atom stereocenters. The Morgan fingerprint density at radius 1 is 0.447 bits per heavy atom. The lowest BCUT2D eigenvalue weighted by atomic mass is 10.1. The first-order valence-corrected chi connectivity index (χ1v) is 20.8. The average molecular weight is 658 g/mol. The van der Waals surface area contributed by atoms with Crippen molar-refractivity contribution in [3.05, 3.63) is 48.6 Å². The van der Waals surface area contributed by atoms with E-state index in [1.165, 1.54) is 141 Å². The maximum Gasteiger partial charge on any atom is 0.0820 e. The van der Waals surface area contributed by atoms with Crippen LogP contribution in [0.1, 0.15) is 188 Å². The van der Waals surface area contributed by atoms with Crippen molar-refractivity contribution in [2.75, 3.05) is 39.5 Å². The van der Waals surface area contributed by atoms with Crippen LogP contribution in [0.2, 0.25) is 0 Å². The fourth-order valence-electron chi connectivity index (χ4n) is 5.83. The van der Waals surface area contributed by atoms with Gasteiger partial charge >= 0.3 is 0 Å². The molecule has 3 heteroatoms. The Morgan fingerprint density at radius 3 is 1.30 bits per heavy atom. The topological polar surface area (TPSA) is 21.7 Å². The van der Waals surface area contributed by atoms with E-state index >= 15 is 0 Å². The van der Waals surface area contributed by atoms with Gasteiger partial charge in [0.05, 0.1) is 12.7 Å². The Morgan fingerprint density at radius 2 is 0.851 bits per heavy atom. The third-order valence-corrected chi connectivity index (χ3v) is 9.15. The lowest BCUT2D eigenvalue weighted by Gasteiger charge is -2.23. The molecule has 0 N–H and O–H groups in total. The molecule has 3 nitrogen and oxygen atoms in total. The van der Waals surface area contributed by atoms with Gasteiger partial charge in [-0.3, -0.25) is 0 Å². The van der Waals surface area contributed by atoms with E-state index < -0.39 is 0 Å². The van der Waals surface area contributed by atoms with Gasteiger partial charge in [0, 0.05) is 19.8 Å². The van der Waals surface area contributed by atoms with Crippen LogP contribution in [-0.4, -0.2) is 50.5 Å². The summed E-state index contributed by atoms with van der Waals surface area (Å²) >= 11 is 0. The van der Waals surface area contributed by atoms with Gasteiger partial charge in [0.2, 0.25) is 0 Å². The summed E-state index contributed by atoms with van der Waals surface area (Å²) in [5.41, 5.74) is 0. The van der Waals surface area contributed by atoms with Crippen LogP contribution in [0, 0.1) is 0 Å². The van der Waals surface area contributed by atoms with Gasteiger partial charge in [-0.1, -0.05) is 153 Å². The summed E-state index contributed by atoms with van der Waals surface area (Å²) < 4.78 is 12.5. The zero-order valence-corrected chi connectivity index (χ0v) is 32.4. The SMILES string of the molecule is CCCCC/C=C\C/C=C\CCCCCCCCOC[C@H](CCN(CC)CC)OCCCCCCCC/C=C\C/C=C\CCCCC. The first-order valence-electron chi connectivity index (χ1n) is 20.8. The van der Waals surface area contributed by atoms with Gasteiger partial charge in [-0.25, -0.2) is 0 Å². The van der Waals surface area contributed by atoms with E-state index in [-0.39, 0.29) is 6.10 Å². The van der Waals surface area contributed by atoms with Gasteiger partial charge in [0.15, 0.2) is 0 Å². The summed E-state index contributed by atoms with van der Waals surface area (Å²) in [6.07, 6.45) is 51.0. The molecule has 0 aliphatic rings. The predicted octanol–water partition coefficient (Wildman–Crippen LogP) is 13.7. The molecule has 0 bridgehead atoms.